The quantitative estimate of drug-likeness (QED) is 0.740. The molecule has 0 aliphatic carbocycles. The van der Waals surface area contributed by atoms with Crippen LogP contribution in [0.15, 0.2) is 36.0 Å². The predicted molar refractivity (Wildman–Crippen MR) is 66.0 cm³/mol. The zero-order valence-electron chi connectivity index (χ0n) is 9.18. The molecule has 1 aromatic rings. The second-order valence-electron chi connectivity index (χ2n) is 3.42. The number of hydrogen-bond donors (Lipinski definition) is 3. The van der Waals surface area contributed by atoms with Crippen LogP contribution in [0, 0.1) is 5.41 Å². The van der Waals surface area contributed by atoms with E-state index >= 15 is 0 Å². The number of nitrogens with one attached hydrogen (secondary N) is 2. The van der Waals surface area contributed by atoms with Gasteiger partial charge in [-0.05, 0) is 24.3 Å². The number of rotatable bonds is 4. The fourth-order valence-corrected chi connectivity index (χ4v) is 1.34. The molecule has 3 nitrogen and oxygen atoms in total. The monoisotopic (exact) mass is 277 g/mol. The Balaban J connectivity index is 2.86. The van der Waals surface area contributed by atoms with Gasteiger partial charge in [0.25, 0.3) is 0 Å². The van der Waals surface area contributed by atoms with Crippen molar-refractivity contribution in [3.63, 3.8) is 0 Å². The molecule has 0 saturated carbocycles. The standard InChI is InChI=1S/C11H11ClF3N3/c12-7-2-1-3-8(4-7)18-9(6-16)5-10(17)11(13,14)15/h1-5,17-18H,6,16H2/b9-5-,17-10?. The highest BCUT2D eigenvalue weighted by molar-refractivity contribution is 6.30. The summed E-state index contributed by atoms with van der Waals surface area (Å²) in [6.07, 6.45) is -4.03. The van der Waals surface area contributed by atoms with E-state index in [-0.39, 0.29) is 12.2 Å². The summed E-state index contributed by atoms with van der Waals surface area (Å²) in [6.45, 7) is -0.148. The van der Waals surface area contributed by atoms with E-state index in [0.29, 0.717) is 16.8 Å². The van der Waals surface area contributed by atoms with Crippen LogP contribution < -0.4 is 11.1 Å². The van der Waals surface area contributed by atoms with Crippen molar-refractivity contribution in [3.8, 4) is 0 Å². The number of alkyl halides is 3. The van der Waals surface area contributed by atoms with E-state index in [1.165, 1.54) is 0 Å². The number of halogens is 4. The van der Waals surface area contributed by atoms with Crippen molar-refractivity contribution in [2.75, 3.05) is 11.9 Å². The van der Waals surface area contributed by atoms with Crippen LogP contribution in [-0.4, -0.2) is 18.4 Å². The van der Waals surface area contributed by atoms with Gasteiger partial charge < -0.3 is 11.1 Å². The Morgan fingerprint density at radius 2 is 2.11 bits per heavy atom. The van der Waals surface area contributed by atoms with E-state index < -0.39 is 11.9 Å². The highest BCUT2D eigenvalue weighted by atomic mass is 35.5. The summed E-state index contributed by atoms with van der Waals surface area (Å²) in [7, 11) is 0. The first-order valence-corrected chi connectivity index (χ1v) is 5.29. The number of hydrogen-bond acceptors (Lipinski definition) is 3. The number of benzene rings is 1. The van der Waals surface area contributed by atoms with Crippen molar-refractivity contribution in [3.05, 3.63) is 41.1 Å². The molecule has 0 heterocycles. The Hall–Kier alpha value is -1.53. The maximum Gasteiger partial charge on any atom is 0.432 e. The Bertz CT molecular complexity index is 469. The van der Waals surface area contributed by atoms with Crippen LogP contribution in [0.25, 0.3) is 0 Å². The average Bonchev–Trinajstić information content (AvgIpc) is 2.26. The van der Waals surface area contributed by atoms with Gasteiger partial charge in [-0.1, -0.05) is 17.7 Å². The van der Waals surface area contributed by atoms with Gasteiger partial charge in [0.2, 0.25) is 0 Å². The van der Waals surface area contributed by atoms with Gasteiger partial charge >= 0.3 is 6.18 Å². The number of nitrogens with two attached hydrogens (primary N) is 1. The third-order valence-corrected chi connectivity index (χ3v) is 2.21. The highest BCUT2D eigenvalue weighted by Gasteiger charge is 2.32. The Morgan fingerprint density at radius 3 is 2.61 bits per heavy atom. The molecule has 0 aliphatic rings. The van der Waals surface area contributed by atoms with Crippen molar-refractivity contribution >= 4 is 23.0 Å². The molecule has 4 N–H and O–H groups in total. The van der Waals surface area contributed by atoms with Gasteiger partial charge in [-0.25, -0.2) is 0 Å². The normalized spacial score (nSPS) is 12.4. The summed E-state index contributed by atoms with van der Waals surface area (Å²) in [5, 5.41) is 9.99. The Labute approximate surface area is 107 Å². The van der Waals surface area contributed by atoms with Crippen LogP contribution in [-0.2, 0) is 0 Å². The third-order valence-electron chi connectivity index (χ3n) is 1.97. The molecule has 0 saturated heterocycles. The summed E-state index contributed by atoms with van der Waals surface area (Å²) in [4.78, 5) is 0. The molecule has 1 aromatic carbocycles. The van der Waals surface area contributed by atoms with Gasteiger partial charge in [0.15, 0.2) is 0 Å². The molecule has 1 rings (SSSR count). The van der Waals surface area contributed by atoms with Gasteiger partial charge in [-0.15, -0.1) is 0 Å². The lowest BCUT2D eigenvalue weighted by Crippen LogP contribution is -2.22. The van der Waals surface area contributed by atoms with Crippen LogP contribution in [0.2, 0.25) is 5.02 Å². The van der Waals surface area contributed by atoms with Crippen LogP contribution in [0.4, 0.5) is 18.9 Å². The molecule has 0 unspecified atom stereocenters. The fourth-order valence-electron chi connectivity index (χ4n) is 1.15. The molecule has 0 spiro atoms. The van der Waals surface area contributed by atoms with Gasteiger partial charge in [-0.2, -0.15) is 13.2 Å². The smallest absolute Gasteiger partial charge is 0.358 e. The van der Waals surface area contributed by atoms with Crippen molar-refractivity contribution < 1.29 is 13.2 Å². The lowest BCUT2D eigenvalue weighted by Gasteiger charge is -2.11. The Morgan fingerprint density at radius 1 is 1.44 bits per heavy atom. The first kappa shape index (κ1) is 14.5. The minimum Gasteiger partial charge on any atom is -0.358 e. The molecule has 0 atom stereocenters. The van der Waals surface area contributed by atoms with Gasteiger partial charge in [0.1, 0.15) is 5.71 Å². The summed E-state index contributed by atoms with van der Waals surface area (Å²) < 4.78 is 36.6. The molecule has 0 aromatic heterocycles. The zero-order valence-corrected chi connectivity index (χ0v) is 9.94. The third kappa shape index (κ3) is 4.38. The van der Waals surface area contributed by atoms with E-state index in [1.807, 2.05) is 0 Å². The first-order chi connectivity index (χ1) is 8.32. The van der Waals surface area contributed by atoms with E-state index in [2.05, 4.69) is 5.32 Å². The van der Waals surface area contributed by atoms with E-state index in [9.17, 15) is 13.2 Å². The Kier molecular flexibility index (Phi) is 4.75. The topological polar surface area (TPSA) is 61.9 Å². The van der Waals surface area contributed by atoms with Gasteiger partial charge in [0, 0.05) is 23.0 Å². The van der Waals surface area contributed by atoms with Gasteiger partial charge in [0.05, 0.1) is 0 Å². The molecule has 0 radical (unpaired) electrons. The van der Waals surface area contributed by atoms with Crippen molar-refractivity contribution in [1.82, 2.24) is 0 Å². The predicted octanol–water partition coefficient (Wildman–Crippen LogP) is 3.18. The van der Waals surface area contributed by atoms with Crippen LogP contribution in [0.5, 0.6) is 0 Å². The molecular weight excluding hydrogens is 267 g/mol. The summed E-state index contributed by atoms with van der Waals surface area (Å²) in [5.74, 6) is 0. The molecule has 0 aliphatic heterocycles. The van der Waals surface area contributed by atoms with Crippen molar-refractivity contribution in [2.24, 2.45) is 5.73 Å². The minimum atomic E-state index is -4.68. The summed E-state index contributed by atoms with van der Waals surface area (Å²) >= 11 is 5.74. The molecule has 7 heteroatoms. The summed E-state index contributed by atoms with van der Waals surface area (Å²) in [6, 6.07) is 6.46. The molecule has 0 amide bonds. The molecule has 0 fully saturated rings. The van der Waals surface area contributed by atoms with Crippen molar-refractivity contribution in [2.45, 2.75) is 6.18 Å². The fraction of sp³-hybridized carbons (Fsp3) is 0.182. The maximum absolute atomic E-state index is 12.2. The summed E-state index contributed by atoms with van der Waals surface area (Å²) in [5.41, 5.74) is 4.45. The second kappa shape index (κ2) is 5.88. The second-order valence-corrected chi connectivity index (χ2v) is 3.86. The van der Waals surface area contributed by atoms with E-state index in [4.69, 9.17) is 22.7 Å². The molecule has 18 heavy (non-hydrogen) atoms. The highest BCUT2D eigenvalue weighted by Crippen LogP contribution is 2.19. The zero-order chi connectivity index (χ0) is 13.8. The minimum absolute atomic E-state index is 0.0830. The lowest BCUT2D eigenvalue weighted by molar-refractivity contribution is -0.0584. The largest absolute Gasteiger partial charge is 0.432 e. The molecular formula is C11H11ClF3N3. The van der Waals surface area contributed by atoms with Crippen LogP contribution >= 0.6 is 11.6 Å². The van der Waals surface area contributed by atoms with Gasteiger partial charge in [-0.3, -0.25) is 5.41 Å². The lowest BCUT2D eigenvalue weighted by atomic mass is 10.2. The van der Waals surface area contributed by atoms with Crippen LogP contribution in [0.1, 0.15) is 0 Å². The van der Waals surface area contributed by atoms with Crippen molar-refractivity contribution in [1.29, 1.82) is 5.41 Å². The van der Waals surface area contributed by atoms with Crippen LogP contribution in [0.3, 0.4) is 0 Å². The SMILES string of the molecule is N=C(/C=C(/CN)Nc1cccc(Cl)c1)C(F)(F)F. The maximum atomic E-state index is 12.2. The van der Waals surface area contributed by atoms with E-state index in [0.717, 1.165) is 0 Å². The first-order valence-electron chi connectivity index (χ1n) is 4.92. The molecule has 98 valence electrons. The average molecular weight is 278 g/mol. The number of anilines is 1. The number of allylic oxidation sites excluding steroid dienone is 1. The van der Waals surface area contributed by atoms with E-state index in [1.54, 1.807) is 24.3 Å². The molecule has 0 bridgehead atoms.